The van der Waals surface area contributed by atoms with Gasteiger partial charge in [-0.1, -0.05) is 0 Å². The highest BCUT2D eigenvalue weighted by Gasteiger charge is 2.24. The largest absolute Gasteiger partial charge is 0.398 e. The number of hydrogen-bond acceptors (Lipinski definition) is 5. The van der Waals surface area contributed by atoms with Crippen molar-refractivity contribution in [2.75, 3.05) is 36.5 Å². The predicted octanol–water partition coefficient (Wildman–Crippen LogP) is 2.87. The molecule has 2 aromatic carbocycles. The number of amidine groups is 1. The van der Waals surface area contributed by atoms with Gasteiger partial charge in [-0.2, -0.15) is 0 Å². The van der Waals surface area contributed by atoms with Crippen molar-refractivity contribution in [3.05, 3.63) is 52.6 Å². The van der Waals surface area contributed by atoms with Gasteiger partial charge in [0, 0.05) is 49.0 Å². The Kier molecular flexibility index (Phi) is 5.25. The van der Waals surface area contributed by atoms with E-state index in [9.17, 15) is 13.6 Å². The molecule has 0 aliphatic carbocycles. The van der Waals surface area contributed by atoms with Crippen LogP contribution in [0.3, 0.4) is 0 Å². The highest BCUT2D eigenvalue weighted by molar-refractivity contribution is 6.08. The molecule has 0 aromatic heterocycles. The average Bonchev–Trinajstić information content (AvgIpc) is 2.61. The Morgan fingerprint density at radius 1 is 1.29 bits per heavy atom. The molecule has 0 spiro atoms. The van der Waals surface area contributed by atoms with Gasteiger partial charge in [0.05, 0.1) is 5.56 Å². The Bertz CT molecular complexity index is 971. The van der Waals surface area contributed by atoms with E-state index in [1.807, 2.05) is 4.90 Å². The molecule has 1 fully saturated rings. The first-order valence-electron chi connectivity index (χ1n) is 8.62. The summed E-state index contributed by atoms with van der Waals surface area (Å²) in [4.78, 5) is 14.3. The SMILES string of the molecule is CNc1cc(F)c(C(=O)Nc2ccc(N)c(C(=N)N3CCC3)c2)c(F)c1C=N. The molecule has 1 aliphatic rings. The van der Waals surface area contributed by atoms with E-state index in [4.69, 9.17) is 16.6 Å². The summed E-state index contributed by atoms with van der Waals surface area (Å²) in [5.74, 6) is -2.93. The van der Waals surface area contributed by atoms with Crippen LogP contribution < -0.4 is 16.4 Å². The number of nitrogens with one attached hydrogen (secondary N) is 4. The molecule has 7 nitrogen and oxygen atoms in total. The van der Waals surface area contributed by atoms with Crippen LogP contribution in [0.1, 0.15) is 27.9 Å². The van der Waals surface area contributed by atoms with Crippen LogP contribution in [0.2, 0.25) is 0 Å². The molecule has 0 unspecified atom stereocenters. The van der Waals surface area contributed by atoms with E-state index in [1.165, 1.54) is 25.2 Å². The minimum atomic E-state index is -1.12. The highest BCUT2D eigenvalue weighted by Crippen LogP contribution is 2.26. The minimum Gasteiger partial charge on any atom is -0.398 e. The number of hydrogen-bond donors (Lipinski definition) is 5. The predicted molar refractivity (Wildman–Crippen MR) is 106 cm³/mol. The lowest BCUT2D eigenvalue weighted by Gasteiger charge is -2.33. The highest BCUT2D eigenvalue weighted by atomic mass is 19.1. The monoisotopic (exact) mass is 386 g/mol. The summed E-state index contributed by atoms with van der Waals surface area (Å²) in [5.41, 5.74) is 6.07. The van der Waals surface area contributed by atoms with Crippen LogP contribution >= 0.6 is 0 Å². The van der Waals surface area contributed by atoms with Gasteiger partial charge in [-0.05, 0) is 30.7 Å². The molecule has 3 rings (SSSR count). The molecule has 1 heterocycles. The van der Waals surface area contributed by atoms with Gasteiger partial charge in [-0.15, -0.1) is 0 Å². The van der Waals surface area contributed by atoms with Gasteiger partial charge in [0.15, 0.2) is 0 Å². The number of nitrogens with two attached hydrogens (primary N) is 1. The molecule has 28 heavy (non-hydrogen) atoms. The van der Waals surface area contributed by atoms with Crippen molar-refractivity contribution in [2.24, 2.45) is 0 Å². The van der Waals surface area contributed by atoms with Crippen molar-refractivity contribution in [2.45, 2.75) is 6.42 Å². The summed E-state index contributed by atoms with van der Waals surface area (Å²) in [6.45, 7) is 1.52. The average molecular weight is 386 g/mol. The van der Waals surface area contributed by atoms with Crippen LogP contribution in [0.15, 0.2) is 24.3 Å². The third kappa shape index (κ3) is 3.38. The van der Waals surface area contributed by atoms with E-state index in [1.54, 1.807) is 0 Å². The zero-order valence-electron chi connectivity index (χ0n) is 15.2. The number of carbonyl (C=O) groups is 1. The van der Waals surface area contributed by atoms with Crippen LogP contribution in [0.25, 0.3) is 0 Å². The number of amides is 1. The van der Waals surface area contributed by atoms with Crippen molar-refractivity contribution in [1.29, 1.82) is 10.8 Å². The molecule has 0 bridgehead atoms. The van der Waals surface area contributed by atoms with Crippen LogP contribution in [0.4, 0.5) is 25.8 Å². The fourth-order valence-electron chi connectivity index (χ4n) is 2.93. The van der Waals surface area contributed by atoms with E-state index in [0.29, 0.717) is 17.5 Å². The molecular formula is C19H20F2N6O. The molecule has 0 radical (unpaired) electrons. The minimum absolute atomic E-state index is 0.0688. The molecule has 9 heteroatoms. The van der Waals surface area contributed by atoms with Crippen LogP contribution in [0, 0.1) is 22.5 Å². The van der Waals surface area contributed by atoms with E-state index in [2.05, 4.69) is 10.6 Å². The van der Waals surface area contributed by atoms with E-state index >= 15 is 0 Å². The first kappa shape index (κ1) is 19.3. The third-order valence-corrected chi connectivity index (χ3v) is 4.64. The second-order valence-electron chi connectivity index (χ2n) is 6.35. The van der Waals surface area contributed by atoms with Crippen molar-refractivity contribution < 1.29 is 13.6 Å². The molecule has 1 aliphatic heterocycles. The summed E-state index contributed by atoms with van der Waals surface area (Å²) in [6, 6.07) is 5.49. The van der Waals surface area contributed by atoms with Crippen molar-refractivity contribution in [1.82, 2.24) is 4.90 Å². The lowest BCUT2D eigenvalue weighted by molar-refractivity contribution is 0.101. The van der Waals surface area contributed by atoms with Crippen LogP contribution in [-0.4, -0.2) is 43.0 Å². The van der Waals surface area contributed by atoms with E-state index in [-0.39, 0.29) is 22.8 Å². The van der Waals surface area contributed by atoms with Crippen molar-refractivity contribution in [3.63, 3.8) is 0 Å². The Morgan fingerprint density at radius 3 is 2.57 bits per heavy atom. The first-order valence-corrected chi connectivity index (χ1v) is 8.62. The van der Waals surface area contributed by atoms with Gasteiger partial charge in [0.1, 0.15) is 23.0 Å². The van der Waals surface area contributed by atoms with Gasteiger partial charge in [0.25, 0.3) is 5.91 Å². The standard InChI is InChI=1S/C19H20F2N6O/c1-25-15-8-13(20)16(17(21)12(15)9-22)19(28)26-10-3-4-14(23)11(7-10)18(24)27-5-2-6-27/h3-4,7-9,22,24-25H,2,5-6,23H2,1H3,(H,26,28). The van der Waals surface area contributed by atoms with Crippen LogP contribution in [-0.2, 0) is 0 Å². The van der Waals surface area contributed by atoms with Gasteiger partial charge in [0.2, 0.25) is 0 Å². The number of halogens is 2. The summed E-state index contributed by atoms with van der Waals surface area (Å²) in [7, 11) is 1.46. The Morgan fingerprint density at radius 2 is 2.00 bits per heavy atom. The Balaban J connectivity index is 1.91. The number of anilines is 3. The molecule has 2 aromatic rings. The number of carbonyl (C=O) groups excluding carboxylic acids is 1. The fourth-order valence-corrected chi connectivity index (χ4v) is 2.93. The second-order valence-corrected chi connectivity index (χ2v) is 6.35. The number of rotatable bonds is 5. The van der Waals surface area contributed by atoms with Crippen molar-refractivity contribution in [3.8, 4) is 0 Å². The zero-order valence-corrected chi connectivity index (χ0v) is 15.2. The fraction of sp³-hybridized carbons (Fsp3) is 0.211. The normalized spacial score (nSPS) is 12.9. The van der Waals surface area contributed by atoms with Gasteiger partial charge in [-0.3, -0.25) is 10.2 Å². The molecule has 0 saturated carbocycles. The maximum Gasteiger partial charge on any atom is 0.261 e. The van der Waals surface area contributed by atoms with Crippen LogP contribution in [0.5, 0.6) is 0 Å². The van der Waals surface area contributed by atoms with E-state index < -0.39 is 23.1 Å². The maximum absolute atomic E-state index is 14.6. The van der Waals surface area contributed by atoms with Crippen molar-refractivity contribution >= 4 is 35.0 Å². The van der Waals surface area contributed by atoms with Gasteiger partial charge < -0.3 is 26.7 Å². The quantitative estimate of drug-likeness (QED) is 0.308. The number of nitrogen functional groups attached to an aromatic ring is 1. The molecule has 146 valence electrons. The Labute approximate surface area is 160 Å². The topological polar surface area (TPSA) is 118 Å². The second kappa shape index (κ2) is 7.63. The molecule has 6 N–H and O–H groups in total. The molecule has 1 amide bonds. The summed E-state index contributed by atoms with van der Waals surface area (Å²) in [6.07, 6.45) is 1.71. The smallest absolute Gasteiger partial charge is 0.261 e. The van der Waals surface area contributed by atoms with Gasteiger partial charge >= 0.3 is 0 Å². The maximum atomic E-state index is 14.6. The zero-order chi connectivity index (χ0) is 20.4. The molecule has 0 atom stereocenters. The third-order valence-electron chi connectivity index (χ3n) is 4.64. The summed E-state index contributed by atoms with van der Waals surface area (Å²) >= 11 is 0. The number of likely N-dealkylation sites (tertiary alicyclic amines) is 1. The molecule has 1 saturated heterocycles. The number of benzene rings is 2. The Hall–Kier alpha value is -3.49. The van der Waals surface area contributed by atoms with Gasteiger partial charge in [-0.25, -0.2) is 8.78 Å². The lowest BCUT2D eigenvalue weighted by atomic mass is 10.1. The summed E-state index contributed by atoms with van der Waals surface area (Å²) < 4.78 is 28.9. The molecular weight excluding hydrogens is 366 g/mol. The summed E-state index contributed by atoms with van der Waals surface area (Å²) in [5, 5.41) is 20.6. The van der Waals surface area contributed by atoms with E-state index in [0.717, 1.165) is 25.6 Å². The lowest BCUT2D eigenvalue weighted by Crippen LogP contribution is -2.42. The first-order chi connectivity index (χ1) is 13.4. The number of nitrogens with zero attached hydrogens (tertiary/aromatic N) is 1.